The molecule has 4 heteroatoms. The number of fused-ring (bicyclic) bond motifs is 1. The maximum Gasteiger partial charge on any atom is 0.251 e. The molecule has 0 heterocycles. The first-order chi connectivity index (χ1) is 10.7. The standard InChI is InChI=1S/C18H18FNO2/c1-22-17-4-2-3-13-11-15(9-10-16(13)17)20-18(21)12-5-7-14(19)8-6-12/h2-8,15H,9-11H2,1H3,(H,20,21)/t15-/m1/s1. The number of hydrogen-bond donors (Lipinski definition) is 1. The van der Waals surface area contributed by atoms with E-state index in [1.54, 1.807) is 7.11 Å². The zero-order valence-electron chi connectivity index (χ0n) is 12.4. The van der Waals surface area contributed by atoms with Gasteiger partial charge in [-0.15, -0.1) is 0 Å². The van der Waals surface area contributed by atoms with E-state index in [0.717, 1.165) is 25.0 Å². The van der Waals surface area contributed by atoms with E-state index < -0.39 is 0 Å². The molecule has 2 aromatic carbocycles. The Labute approximate surface area is 129 Å². The summed E-state index contributed by atoms with van der Waals surface area (Å²) in [5, 5.41) is 3.03. The first-order valence-electron chi connectivity index (χ1n) is 7.38. The topological polar surface area (TPSA) is 38.3 Å². The fourth-order valence-electron chi connectivity index (χ4n) is 2.96. The van der Waals surface area contributed by atoms with E-state index in [-0.39, 0.29) is 17.8 Å². The summed E-state index contributed by atoms with van der Waals surface area (Å²) >= 11 is 0. The number of methoxy groups -OCH3 is 1. The predicted molar refractivity (Wildman–Crippen MR) is 82.7 cm³/mol. The predicted octanol–water partition coefficient (Wildman–Crippen LogP) is 3.12. The van der Waals surface area contributed by atoms with E-state index in [1.807, 2.05) is 12.1 Å². The molecular formula is C18H18FNO2. The Morgan fingerprint density at radius 2 is 2.00 bits per heavy atom. The van der Waals surface area contributed by atoms with Crippen LogP contribution in [-0.4, -0.2) is 19.1 Å². The van der Waals surface area contributed by atoms with Gasteiger partial charge in [-0.1, -0.05) is 12.1 Å². The van der Waals surface area contributed by atoms with Crippen LogP contribution in [0.5, 0.6) is 5.75 Å². The van der Waals surface area contributed by atoms with Gasteiger partial charge in [0, 0.05) is 11.6 Å². The SMILES string of the molecule is COc1cccc2c1CC[C@@H](NC(=O)c1ccc(F)cc1)C2. The maximum atomic E-state index is 12.9. The molecule has 114 valence electrons. The molecule has 1 amide bonds. The largest absolute Gasteiger partial charge is 0.496 e. The molecule has 1 aliphatic rings. The number of rotatable bonds is 3. The molecule has 0 fully saturated rings. The van der Waals surface area contributed by atoms with Gasteiger partial charge in [-0.05, 0) is 60.7 Å². The average molecular weight is 299 g/mol. The lowest BCUT2D eigenvalue weighted by Gasteiger charge is -2.26. The van der Waals surface area contributed by atoms with Gasteiger partial charge in [0.25, 0.3) is 5.91 Å². The maximum absolute atomic E-state index is 12.9. The highest BCUT2D eigenvalue weighted by molar-refractivity contribution is 5.94. The number of carbonyl (C=O) groups excluding carboxylic acids is 1. The zero-order valence-corrected chi connectivity index (χ0v) is 12.4. The van der Waals surface area contributed by atoms with Crippen LogP contribution in [0.25, 0.3) is 0 Å². The number of carbonyl (C=O) groups is 1. The summed E-state index contributed by atoms with van der Waals surface area (Å²) in [5.41, 5.74) is 2.94. The van der Waals surface area contributed by atoms with Crippen molar-refractivity contribution in [3.63, 3.8) is 0 Å². The molecule has 22 heavy (non-hydrogen) atoms. The molecule has 0 aromatic heterocycles. The first-order valence-corrected chi connectivity index (χ1v) is 7.38. The molecule has 0 saturated heterocycles. The Morgan fingerprint density at radius 1 is 1.23 bits per heavy atom. The summed E-state index contributed by atoms with van der Waals surface area (Å²) < 4.78 is 18.3. The second-order valence-electron chi connectivity index (χ2n) is 5.52. The fraction of sp³-hybridized carbons (Fsp3) is 0.278. The van der Waals surface area contributed by atoms with Gasteiger partial charge < -0.3 is 10.1 Å². The van der Waals surface area contributed by atoms with Crippen LogP contribution in [0.3, 0.4) is 0 Å². The summed E-state index contributed by atoms with van der Waals surface area (Å²) in [6.07, 6.45) is 2.55. The van der Waals surface area contributed by atoms with Crippen LogP contribution >= 0.6 is 0 Å². The van der Waals surface area contributed by atoms with Gasteiger partial charge in [0.1, 0.15) is 11.6 Å². The Kier molecular flexibility index (Phi) is 4.09. The average Bonchev–Trinajstić information content (AvgIpc) is 2.54. The van der Waals surface area contributed by atoms with Gasteiger partial charge in [-0.2, -0.15) is 0 Å². The number of halogens is 1. The quantitative estimate of drug-likeness (QED) is 0.945. The highest BCUT2D eigenvalue weighted by Gasteiger charge is 2.22. The molecule has 3 rings (SSSR count). The molecule has 3 nitrogen and oxygen atoms in total. The lowest BCUT2D eigenvalue weighted by atomic mass is 9.87. The van der Waals surface area contributed by atoms with Crippen LogP contribution in [0, 0.1) is 5.82 Å². The van der Waals surface area contributed by atoms with Crippen molar-refractivity contribution < 1.29 is 13.9 Å². The van der Waals surface area contributed by atoms with E-state index in [4.69, 9.17) is 4.74 Å². The van der Waals surface area contributed by atoms with Crippen LogP contribution in [0.15, 0.2) is 42.5 Å². The van der Waals surface area contributed by atoms with Gasteiger partial charge in [0.15, 0.2) is 0 Å². The summed E-state index contributed by atoms with van der Waals surface area (Å²) in [4.78, 5) is 12.2. The Morgan fingerprint density at radius 3 is 2.73 bits per heavy atom. The third-order valence-corrected chi connectivity index (χ3v) is 4.10. The number of nitrogens with one attached hydrogen (secondary N) is 1. The van der Waals surface area contributed by atoms with Crippen molar-refractivity contribution in [2.24, 2.45) is 0 Å². The third-order valence-electron chi connectivity index (χ3n) is 4.10. The molecule has 0 saturated carbocycles. The van der Waals surface area contributed by atoms with Crippen molar-refractivity contribution in [3.05, 3.63) is 65.0 Å². The number of amides is 1. The van der Waals surface area contributed by atoms with Crippen molar-refractivity contribution in [2.45, 2.75) is 25.3 Å². The molecule has 1 aliphatic carbocycles. The molecule has 2 aromatic rings. The Bertz CT molecular complexity index is 682. The second-order valence-corrected chi connectivity index (χ2v) is 5.52. The normalized spacial score (nSPS) is 16.7. The van der Waals surface area contributed by atoms with Crippen LogP contribution in [0.4, 0.5) is 4.39 Å². The molecule has 1 atom stereocenters. The number of hydrogen-bond acceptors (Lipinski definition) is 2. The van der Waals surface area contributed by atoms with Crippen LogP contribution in [0.1, 0.15) is 27.9 Å². The lowest BCUT2D eigenvalue weighted by Crippen LogP contribution is -2.38. The van der Waals surface area contributed by atoms with Gasteiger partial charge in [0.2, 0.25) is 0 Å². The molecule has 0 radical (unpaired) electrons. The highest BCUT2D eigenvalue weighted by Crippen LogP contribution is 2.29. The fourth-order valence-corrected chi connectivity index (χ4v) is 2.96. The first kappa shape index (κ1) is 14.6. The summed E-state index contributed by atoms with van der Waals surface area (Å²) in [6.45, 7) is 0. The van der Waals surface area contributed by atoms with E-state index in [0.29, 0.717) is 5.56 Å². The van der Waals surface area contributed by atoms with Crippen molar-refractivity contribution in [1.29, 1.82) is 0 Å². The minimum absolute atomic E-state index is 0.0946. The van der Waals surface area contributed by atoms with Gasteiger partial charge in [0.05, 0.1) is 7.11 Å². The minimum Gasteiger partial charge on any atom is -0.496 e. The molecule has 0 unspecified atom stereocenters. The third kappa shape index (κ3) is 2.96. The van der Waals surface area contributed by atoms with Crippen molar-refractivity contribution in [1.82, 2.24) is 5.32 Å². The highest BCUT2D eigenvalue weighted by atomic mass is 19.1. The van der Waals surface area contributed by atoms with Gasteiger partial charge in [-0.3, -0.25) is 4.79 Å². The van der Waals surface area contributed by atoms with Gasteiger partial charge >= 0.3 is 0 Å². The molecule has 0 bridgehead atoms. The van der Waals surface area contributed by atoms with Crippen molar-refractivity contribution in [2.75, 3.05) is 7.11 Å². The van der Waals surface area contributed by atoms with Crippen LogP contribution in [0.2, 0.25) is 0 Å². The van der Waals surface area contributed by atoms with Crippen LogP contribution in [-0.2, 0) is 12.8 Å². The zero-order chi connectivity index (χ0) is 15.5. The summed E-state index contributed by atoms with van der Waals surface area (Å²) in [7, 11) is 1.68. The Balaban J connectivity index is 1.70. The van der Waals surface area contributed by atoms with E-state index in [9.17, 15) is 9.18 Å². The molecule has 0 spiro atoms. The summed E-state index contributed by atoms with van der Waals surface area (Å²) in [5.74, 6) is 0.424. The molecule has 0 aliphatic heterocycles. The molecular weight excluding hydrogens is 281 g/mol. The van der Waals surface area contributed by atoms with Gasteiger partial charge in [-0.25, -0.2) is 4.39 Å². The van der Waals surface area contributed by atoms with Crippen molar-refractivity contribution >= 4 is 5.91 Å². The smallest absolute Gasteiger partial charge is 0.251 e. The number of ether oxygens (including phenoxy) is 1. The lowest BCUT2D eigenvalue weighted by molar-refractivity contribution is 0.0933. The minimum atomic E-state index is -0.338. The second kappa shape index (κ2) is 6.18. The van der Waals surface area contributed by atoms with Crippen LogP contribution < -0.4 is 10.1 Å². The van der Waals surface area contributed by atoms with E-state index in [1.165, 1.54) is 35.4 Å². The van der Waals surface area contributed by atoms with E-state index >= 15 is 0 Å². The number of benzene rings is 2. The monoisotopic (exact) mass is 299 g/mol. The van der Waals surface area contributed by atoms with Crippen molar-refractivity contribution in [3.8, 4) is 5.75 Å². The van der Waals surface area contributed by atoms with E-state index in [2.05, 4.69) is 11.4 Å². The Hall–Kier alpha value is -2.36. The molecule has 1 N–H and O–H groups in total. The summed E-state index contributed by atoms with van der Waals surface area (Å²) in [6, 6.07) is 11.7.